The summed E-state index contributed by atoms with van der Waals surface area (Å²) in [6.45, 7) is 4.00. The van der Waals surface area contributed by atoms with E-state index in [1.807, 2.05) is 13.8 Å². The summed E-state index contributed by atoms with van der Waals surface area (Å²) in [7, 11) is 1.59. The number of phenolic OH excluding ortho intramolecular Hbond substituents is 1. The molecule has 4 nitrogen and oxygen atoms in total. The SMILES string of the molecule is CC.COc1ccc(NC(=O)c2ccc(O)cc2)cc1. The molecule has 4 heteroatoms. The minimum atomic E-state index is -0.222. The van der Waals surface area contributed by atoms with Crippen LogP contribution in [0.2, 0.25) is 0 Å². The second-order valence-electron chi connectivity index (χ2n) is 3.73. The Morgan fingerprint density at radius 3 is 2.05 bits per heavy atom. The van der Waals surface area contributed by atoms with Gasteiger partial charge >= 0.3 is 0 Å². The van der Waals surface area contributed by atoms with Gasteiger partial charge < -0.3 is 15.2 Å². The van der Waals surface area contributed by atoms with Crippen molar-refractivity contribution in [3.63, 3.8) is 0 Å². The Labute approximate surface area is 119 Å². The number of ether oxygens (including phenoxy) is 1. The van der Waals surface area contributed by atoms with Crippen LogP contribution in [0.3, 0.4) is 0 Å². The second kappa shape index (κ2) is 7.84. The second-order valence-corrected chi connectivity index (χ2v) is 3.73. The molecule has 0 aliphatic carbocycles. The highest BCUT2D eigenvalue weighted by Gasteiger charge is 2.05. The Kier molecular flexibility index (Phi) is 6.10. The number of amides is 1. The van der Waals surface area contributed by atoms with E-state index in [4.69, 9.17) is 9.84 Å². The van der Waals surface area contributed by atoms with E-state index in [0.717, 1.165) is 5.75 Å². The van der Waals surface area contributed by atoms with Crippen LogP contribution in [0, 0.1) is 0 Å². The van der Waals surface area contributed by atoms with Crippen LogP contribution in [0.15, 0.2) is 48.5 Å². The van der Waals surface area contributed by atoms with Crippen LogP contribution in [0.25, 0.3) is 0 Å². The van der Waals surface area contributed by atoms with Crippen molar-refractivity contribution in [2.45, 2.75) is 13.8 Å². The van der Waals surface area contributed by atoms with Crippen LogP contribution in [0.4, 0.5) is 5.69 Å². The molecule has 0 unspecified atom stereocenters. The maximum absolute atomic E-state index is 11.9. The van der Waals surface area contributed by atoms with Crippen LogP contribution in [0.5, 0.6) is 11.5 Å². The van der Waals surface area contributed by atoms with Gasteiger partial charge in [0.15, 0.2) is 0 Å². The molecular weight excluding hydrogens is 254 g/mol. The van der Waals surface area contributed by atoms with Crippen molar-refractivity contribution >= 4 is 11.6 Å². The summed E-state index contributed by atoms with van der Waals surface area (Å²) < 4.78 is 5.03. The van der Waals surface area contributed by atoms with Crippen LogP contribution in [-0.2, 0) is 0 Å². The van der Waals surface area contributed by atoms with Gasteiger partial charge in [0.2, 0.25) is 0 Å². The summed E-state index contributed by atoms with van der Waals surface area (Å²) in [6, 6.07) is 13.1. The first-order valence-electron chi connectivity index (χ1n) is 6.43. The van der Waals surface area contributed by atoms with Gasteiger partial charge in [-0.05, 0) is 48.5 Å². The summed E-state index contributed by atoms with van der Waals surface area (Å²) in [5.74, 6) is 0.647. The van der Waals surface area contributed by atoms with Gasteiger partial charge in [-0.15, -0.1) is 0 Å². The Balaban J connectivity index is 0.000000956. The van der Waals surface area contributed by atoms with Crippen molar-refractivity contribution in [2.75, 3.05) is 12.4 Å². The number of rotatable bonds is 3. The Morgan fingerprint density at radius 2 is 1.55 bits per heavy atom. The number of carbonyl (C=O) groups excluding carboxylic acids is 1. The van der Waals surface area contributed by atoms with Gasteiger partial charge in [0.1, 0.15) is 11.5 Å². The van der Waals surface area contributed by atoms with E-state index in [9.17, 15) is 4.79 Å². The number of methoxy groups -OCH3 is 1. The van der Waals surface area contributed by atoms with E-state index >= 15 is 0 Å². The van der Waals surface area contributed by atoms with Crippen molar-refractivity contribution in [1.82, 2.24) is 0 Å². The third kappa shape index (κ3) is 4.31. The van der Waals surface area contributed by atoms with Crippen molar-refractivity contribution < 1.29 is 14.6 Å². The molecule has 2 rings (SSSR count). The fourth-order valence-electron chi connectivity index (χ4n) is 1.49. The molecule has 0 spiro atoms. The van der Waals surface area contributed by atoms with Gasteiger partial charge in [-0.2, -0.15) is 0 Å². The first-order chi connectivity index (χ1) is 9.69. The third-order valence-electron chi connectivity index (χ3n) is 2.48. The lowest BCUT2D eigenvalue weighted by Gasteiger charge is -2.06. The summed E-state index contributed by atoms with van der Waals surface area (Å²) in [6.07, 6.45) is 0. The molecule has 0 bridgehead atoms. The molecule has 0 atom stereocenters. The molecule has 0 aliphatic rings. The standard InChI is InChI=1S/C14H13NO3.C2H6/c1-18-13-8-4-11(5-9-13)15-14(17)10-2-6-12(16)7-3-10;1-2/h2-9,16H,1H3,(H,15,17);1-2H3. The largest absolute Gasteiger partial charge is 0.508 e. The van der Waals surface area contributed by atoms with Gasteiger partial charge in [-0.1, -0.05) is 13.8 Å². The van der Waals surface area contributed by atoms with E-state index in [0.29, 0.717) is 11.3 Å². The zero-order valence-electron chi connectivity index (χ0n) is 11.9. The first-order valence-corrected chi connectivity index (χ1v) is 6.43. The van der Waals surface area contributed by atoms with Crippen LogP contribution >= 0.6 is 0 Å². The molecule has 20 heavy (non-hydrogen) atoms. The molecule has 1 amide bonds. The molecule has 2 aromatic rings. The minimum Gasteiger partial charge on any atom is -0.508 e. The van der Waals surface area contributed by atoms with Crippen LogP contribution < -0.4 is 10.1 Å². The van der Waals surface area contributed by atoms with Crippen LogP contribution in [0.1, 0.15) is 24.2 Å². The molecule has 106 valence electrons. The molecule has 2 N–H and O–H groups in total. The quantitative estimate of drug-likeness (QED) is 0.896. The average Bonchev–Trinajstić information content (AvgIpc) is 2.50. The number of anilines is 1. The number of hydrogen-bond donors (Lipinski definition) is 2. The minimum absolute atomic E-state index is 0.135. The van der Waals surface area contributed by atoms with E-state index < -0.39 is 0 Å². The molecule has 0 saturated carbocycles. The number of benzene rings is 2. The lowest BCUT2D eigenvalue weighted by molar-refractivity contribution is 0.102. The first kappa shape index (κ1) is 15.6. The lowest BCUT2D eigenvalue weighted by Crippen LogP contribution is -2.11. The molecule has 2 aromatic carbocycles. The maximum Gasteiger partial charge on any atom is 0.255 e. The van der Waals surface area contributed by atoms with Crippen molar-refractivity contribution in [1.29, 1.82) is 0 Å². The predicted molar refractivity (Wildman–Crippen MR) is 80.4 cm³/mol. The summed E-state index contributed by atoms with van der Waals surface area (Å²) in [4.78, 5) is 11.9. The van der Waals surface area contributed by atoms with Crippen molar-refractivity contribution in [3.8, 4) is 11.5 Å². The van der Waals surface area contributed by atoms with E-state index in [-0.39, 0.29) is 11.7 Å². The fraction of sp³-hybridized carbons (Fsp3) is 0.188. The number of aromatic hydroxyl groups is 1. The maximum atomic E-state index is 11.9. The molecule has 0 fully saturated rings. The highest BCUT2D eigenvalue weighted by molar-refractivity contribution is 6.04. The van der Waals surface area contributed by atoms with Gasteiger partial charge in [-0.25, -0.2) is 0 Å². The third-order valence-corrected chi connectivity index (χ3v) is 2.48. The molecule has 0 radical (unpaired) electrons. The van der Waals surface area contributed by atoms with Crippen molar-refractivity contribution in [3.05, 3.63) is 54.1 Å². The van der Waals surface area contributed by atoms with Crippen molar-refractivity contribution in [2.24, 2.45) is 0 Å². The van der Waals surface area contributed by atoms with Gasteiger partial charge in [-0.3, -0.25) is 4.79 Å². The molecule has 0 aliphatic heterocycles. The molecular formula is C16H19NO3. The normalized spacial score (nSPS) is 9.15. The highest BCUT2D eigenvalue weighted by atomic mass is 16.5. The Bertz CT molecular complexity index is 533. The monoisotopic (exact) mass is 273 g/mol. The van der Waals surface area contributed by atoms with E-state index in [1.165, 1.54) is 12.1 Å². The molecule has 0 aromatic heterocycles. The van der Waals surface area contributed by atoms with Gasteiger partial charge in [0, 0.05) is 11.3 Å². The number of carbonyl (C=O) groups is 1. The topological polar surface area (TPSA) is 58.6 Å². The Hall–Kier alpha value is -2.49. The number of hydrogen-bond acceptors (Lipinski definition) is 3. The highest BCUT2D eigenvalue weighted by Crippen LogP contribution is 2.16. The lowest BCUT2D eigenvalue weighted by atomic mass is 10.2. The Morgan fingerprint density at radius 1 is 1.00 bits per heavy atom. The predicted octanol–water partition coefficient (Wildman–Crippen LogP) is 3.68. The molecule has 0 saturated heterocycles. The average molecular weight is 273 g/mol. The fourth-order valence-corrected chi connectivity index (χ4v) is 1.49. The summed E-state index contributed by atoms with van der Waals surface area (Å²) >= 11 is 0. The van der Waals surface area contributed by atoms with E-state index in [1.54, 1.807) is 43.5 Å². The zero-order valence-corrected chi connectivity index (χ0v) is 11.9. The van der Waals surface area contributed by atoms with Gasteiger partial charge in [0.05, 0.1) is 7.11 Å². The zero-order chi connectivity index (χ0) is 15.0. The smallest absolute Gasteiger partial charge is 0.255 e. The summed E-state index contributed by atoms with van der Waals surface area (Å²) in [5.41, 5.74) is 1.18. The van der Waals surface area contributed by atoms with E-state index in [2.05, 4.69) is 5.32 Å². The number of phenols is 1. The summed E-state index contributed by atoms with van der Waals surface area (Å²) in [5, 5.41) is 11.9. The van der Waals surface area contributed by atoms with Gasteiger partial charge in [0.25, 0.3) is 5.91 Å². The molecule has 0 heterocycles. The van der Waals surface area contributed by atoms with Crippen LogP contribution in [-0.4, -0.2) is 18.1 Å². The number of nitrogens with one attached hydrogen (secondary N) is 1.